The molecule has 0 spiro atoms. The van der Waals surface area contributed by atoms with Crippen LogP contribution in [-0.2, 0) is 0 Å². The quantitative estimate of drug-likeness (QED) is 0.393. The van der Waals surface area contributed by atoms with Crippen LogP contribution in [0.15, 0.2) is 53.6 Å². The minimum absolute atomic E-state index is 0.282. The van der Waals surface area contributed by atoms with Gasteiger partial charge in [0.15, 0.2) is 5.82 Å². The lowest BCUT2D eigenvalue weighted by atomic mass is 10.1. The van der Waals surface area contributed by atoms with Gasteiger partial charge in [-0.25, -0.2) is 14.2 Å². The van der Waals surface area contributed by atoms with Gasteiger partial charge in [-0.05, 0) is 57.3 Å². The third kappa shape index (κ3) is 3.66. The summed E-state index contributed by atoms with van der Waals surface area (Å²) in [6.45, 7) is 5.88. The molecular weight excluding hydrogens is 387 g/mol. The molecule has 0 fully saturated rings. The highest BCUT2D eigenvalue weighted by Gasteiger charge is 2.13. The number of aryl methyl sites for hydroxylation is 2. The minimum Gasteiger partial charge on any atom is -0.250 e. The zero-order valence-electron chi connectivity index (χ0n) is 16.2. The van der Waals surface area contributed by atoms with Crippen molar-refractivity contribution >= 4 is 18.4 Å². The second-order valence-corrected chi connectivity index (χ2v) is 7.13. The number of aromatic amines is 1. The van der Waals surface area contributed by atoms with Crippen molar-refractivity contribution in [1.29, 1.82) is 0 Å². The highest BCUT2D eigenvalue weighted by molar-refractivity contribution is 7.71. The monoisotopic (exact) mass is 406 g/mol. The fraction of sp³-hybridized carbons (Fsp3) is 0.143. The van der Waals surface area contributed by atoms with Crippen LogP contribution in [0.1, 0.15) is 22.5 Å². The molecule has 0 atom stereocenters. The largest absolute Gasteiger partial charge is 0.250 e. The summed E-state index contributed by atoms with van der Waals surface area (Å²) in [4.78, 5) is 0. The Morgan fingerprint density at radius 3 is 2.41 bits per heavy atom. The lowest BCUT2D eigenvalue weighted by Crippen LogP contribution is -2.00. The highest BCUT2D eigenvalue weighted by atomic mass is 32.1. The molecule has 146 valence electrons. The van der Waals surface area contributed by atoms with E-state index in [1.165, 1.54) is 12.1 Å². The number of benzene rings is 2. The topological polar surface area (TPSA) is 63.8 Å². The first-order valence-electron chi connectivity index (χ1n) is 9.05. The third-order valence-electron chi connectivity index (χ3n) is 4.68. The van der Waals surface area contributed by atoms with Gasteiger partial charge in [-0.3, -0.25) is 0 Å². The van der Waals surface area contributed by atoms with E-state index in [1.807, 2.05) is 45.0 Å². The molecule has 0 aliphatic rings. The Labute approximate surface area is 172 Å². The Hall–Kier alpha value is -3.39. The first kappa shape index (κ1) is 18.9. The van der Waals surface area contributed by atoms with Crippen molar-refractivity contribution in [1.82, 2.24) is 24.7 Å². The fourth-order valence-corrected chi connectivity index (χ4v) is 3.26. The summed E-state index contributed by atoms with van der Waals surface area (Å²) < 4.78 is 17.0. The van der Waals surface area contributed by atoms with E-state index in [4.69, 9.17) is 12.2 Å². The van der Waals surface area contributed by atoms with E-state index in [0.29, 0.717) is 10.6 Å². The van der Waals surface area contributed by atoms with Crippen LogP contribution in [0.25, 0.3) is 17.1 Å². The summed E-state index contributed by atoms with van der Waals surface area (Å²) in [5.41, 5.74) is 5.43. The van der Waals surface area contributed by atoms with Crippen molar-refractivity contribution in [2.75, 3.05) is 0 Å². The van der Waals surface area contributed by atoms with E-state index < -0.39 is 0 Å². The van der Waals surface area contributed by atoms with Crippen LogP contribution in [-0.4, -0.2) is 30.9 Å². The summed E-state index contributed by atoms with van der Waals surface area (Å²) >= 11 is 5.35. The maximum atomic E-state index is 13.2. The second-order valence-electron chi connectivity index (χ2n) is 6.75. The lowest BCUT2D eigenvalue weighted by molar-refractivity contribution is 0.627. The number of aromatic nitrogens is 5. The molecule has 29 heavy (non-hydrogen) atoms. The van der Waals surface area contributed by atoms with Gasteiger partial charge < -0.3 is 0 Å². The summed E-state index contributed by atoms with van der Waals surface area (Å²) in [5, 5.41) is 16.2. The average Bonchev–Trinajstić information content (AvgIpc) is 3.21. The molecule has 0 saturated carbocycles. The SMILES string of the molecule is Cc1ccc(-c2n[nH]c(=S)n2/N=C\c2c(C)nn(-c3ccc(F)cc3)c2C)cc1. The summed E-state index contributed by atoms with van der Waals surface area (Å²) in [7, 11) is 0. The zero-order valence-corrected chi connectivity index (χ0v) is 17.0. The Morgan fingerprint density at radius 2 is 1.72 bits per heavy atom. The van der Waals surface area contributed by atoms with Gasteiger partial charge in [-0.1, -0.05) is 29.8 Å². The Kier molecular flexibility index (Phi) is 4.94. The van der Waals surface area contributed by atoms with Gasteiger partial charge in [0.05, 0.1) is 23.3 Å². The molecule has 2 aromatic carbocycles. The Balaban J connectivity index is 1.72. The van der Waals surface area contributed by atoms with E-state index >= 15 is 0 Å². The number of rotatable bonds is 4. The van der Waals surface area contributed by atoms with E-state index in [2.05, 4.69) is 20.4 Å². The number of hydrogen-bond donors (Lipinski definition) is 1. The van der Waals surface area contributed by atoms with Crippen LogP contribution in [0.3, 0.4) is 0 Å². The van der Waals surface area contributed by atoms with Gasteiger partial charge in [-0.15, -0.1) is 0 Å². The maximum absolute atomic E-state index is 13.2. The van der Waals surface area contributed by atoms with Crippen LogP contribution < -0.4 is 0 Å². The Bertz CT molecular complexity index is 1250. The van der Waals surface area contributed by atoms with E-state index in [9.17, 15) is 4.39 Å². The van der Waals surface area contributed by atoms with Gasteiger partial charge in [0, 0.05) is 11.1 Å². The molecule has 1 N–H and O–H groups in total. The smallest absolute Gasteiger partial charge is 0.216 e. The van der Waals surface area contributed by atoms with Gasteiger partial charge in [0.1, 0.15) is 5.82 Å². The van der Waals surface area contributed by atoms with Gasteiger partial charge in [0.25, 0.3) is 0 Å². The molecule has 0 bridgehead atoms. The fourth-order valence-electron chi connectivity index (χ4n) is 3.08. The first-order chi connectivity index (χ1) is 13.9. The van der Waals surface area contributed by atoms with Crippen LogP contribution in [0, 0.1) is 31.4 Å². The van der Waals surface area contributed by atoms with Crippen molar-refractivity contribution in [3.63, 3.8) is 0 Å². The number of hydrogen-bond acceptors (Lipinski definition) is 4. The van der Waals surface area contributed by atoms with Crippen molar-refractivity contribution in [2.45, 2.75) is 20.8 Å². The molecule has 8 heteroatoms. The van der Waals surface area contributed by atoms with Crippen molar-refractivity contribution in [2.24, 2.45) is 5.10 Å². The maximum Gasteiger partial charge on any atom is 0.216 e. The van der Waals surface area contributed by atoms with E-state index in [1.54, 1.807) is 27.7 Å². The Morgan fingerprint density at radius 1 is 1.03 bits per heavy atom. The first-order valence-corrected chi connectivity index (χ1v) is 9.46. The normalized spacial score (nSPS) is 11.4. The molecule has 2 aromatic heterocycles. The van der Waals surface area contributed by atoms with Crippen molar-refractivity contribution < 1.29 is 4.39 Å². The highest BCUT2D eigenvalue weighted by Crippen LogP contribution is 2.19. The van der Waals surface area contributed by atoms with Gasteiger partial charge >= 0.3 is 0 Å². The summed E-state index contributed by atoms with van der Waals surface area (Å²) in [5.74, 6) is 0.350. The van der Waals surface area contributed by atoms with Gasteiger partial charge in [-0.2, -0.15) is 20.0 Å². The molecule has 4 aromatic rings. The lowest BCUT2D eigenvalue weighted by Gasteiger charge is -2.04. The predicted molar refractivity (Wildman–Crippen MR) is 114 cm³/mol. The number of H-pyrrole nitrogens is 1. The molecule has 2 heterocycles. The average molecular weight is 406 g/mol. The summed E-state index contributed by atoms with van der Waals surface area (Å²) in [6, 6.07) is 14.2. The van der Waals surface area contributed by atoms with Crippen LogP contribution in [0.5, 0.6) is 0 Å². The molecule has 0 amide bonds. The second kappa shape index (κ2) is 7.56. The van der Waals surface area contributed by atoms with Crippen molar-refractivity contribution in [3.05, 3.63) is 81.6 Å². The zero-order chi connectivity index (χ0) is 20.5. The van der Waals surface area contributed by atoms with Crippen LogP contribution in [0.4, 0.5) is 4.39 Å². The van der Waals surface area contributed by atoms with E-state index in [-0.39, 0.29) is 5.82 Å². The minimum atomic E-state index is -0.282. The molecule has 0 aliphatic carbocycles. The number of halogens is 1. The molecule has 6 nitrogen and oxygen atoms in total. The summed E-state index contributed by atoms with van der Waals surface area (Å²) in [6.07, 6.45) is 1.72. The van der Waals surface area contributed by atoms with Gasteiger partial charge in [0.2, 0.25) is 4.77 Å². The molecule has 4 rings (SSSR count). The van der Waals surface area contributed by atoms with Crippen molar-refractivity contribution in [3.8, 4) is 17.1 Å². The molecule has 0 unspecified atom stereocenters. The van der Waals surface area contributed by atoms with Crippen LogP contribution >= 0.6 is 12.2 Å². The third-order valence-corrected chi connectivity index (χ3v) is 4.95. The molecule has 0 saturated heterocycles. The van der Waals surface area contributed by atoms with E-state index in [0.717, 1.165) is 33.8 Å². The van der Waals surface area contributed by atoms with Crippen LogP contribution in [0.2, 0.25) is 0 Å². The predicted octanol–water partition coefficient (Wildman–Crippen LogP) is 4.74. The number of nitrogens with one attached hydrogen (secondary N) is 1. The number of nitrogens with zero attached hydrogens (tertiary/aromatic N) is 5. The standard InChI is InChI=1S/C21H19FN6S/c1-13-4-6-16(7-5-13)20-24-25-21(29)28(20)23-12-19-14(2)26-27(15(19)3)18-10-8-17(22)9-11-18/h4-12H,1-3H3,(H,25,29)/b23-12-. The molecular formula is C21H19FN6S. The molecule has 0 radical (unpaired) electrons. The molecule has 0 aliphatic heterocycles.